The van der Waals surface area contributed by atoms with E-state index in [0.29, 0.717) is 6.54 Å². The number of rotatable bonds is 6. The van der Waals surface area contributed by atoms with Gasteiger partial charge in [0, 0.05) is 37.8 Å². The van der Waals surface area contributed by atoms with Gasteiger partial charge in [-0.25, -0.2) is 4.68 Å². The van der Waals surface area contributed by atoms with Crippen LogP contribution >= 0.6 is 0 Å². The van der Waals surface area contributed by atoms with Crippen molar-refractivity contribution in [3.63, 3.8) is 0 Å². The highest BCUT2D eigenvalue weighted by molar-refractivity contribution is 5.83. The predicted octanol–water partition coefficient (Wildman–Crippen LogP) is 2.63. The van der Waals surface area contributed by atoms with Gasteiger partial charge in [0.1, 0.15) is 0 Å². The average Bonchev–Trinajstić information content (AvgIpc) is 3.12. The van der Waals surface area contributed by atoms with Crippen molar-refractivity contribution in [3.05, 3.63) is 72.4 Å². The highest BCUT2D eigenvalue weighted by Crippen LogP contribution is 2.23. The summed E-state index contributed by atoms with van der Waals surface area (Å²) < 4.78 is 1.81. The molecule has 0 saturated heterocycles. The highest BCUT2D eigenvalue weighted by atomic mass is 16.2. The summed E-state index contributed by atoms with van der Waals surface area (Å²) in [5, 5.41) is 7.59. The third-order valence-corrected chi connectivity index (χ3v) is 4.25. The maximum absolute atomic E-state index is 12.1. The highest BCUT2D eigenvalue weighted by Gasteiger charge is 2.14. The largest absolute Gasteiger partial charge is 0.350 e. The summed E-state index contributed by atoms with van der Waals surface area (Å²) in [5.41, 5.74) is 3.66. The Morgan fingerprint density at radius 3 is 2.30 bits per heavy atom. The monoisotopic (exact) mass is 362 g/mol. The van der Waals surface area contributed by atoms with E-state index in [-0.39, 0.29) is 18.4 Å². The first-order valence-corrected chi connectivity index (χ1v) is 8.72. The lowest BCUT2D eigenvalue weighted by molar-refractivity contribution is -0.133. The number of carbonyl (C=O) groups is 2. The minimum absolute atomic E-state index is 0.0306. The van der Waals surface area contributed by atoms with Gasteiger partial charge in [-0.05, 0) is 12.1 Å². The Morgan fingerprint density at radius 1 is 1.04 bits per heavy atom. The van der Waals surface area contributed by atoms with Crippen LogP contribution in [0.2, 0.25) is 0 Å². The van der Waals surface area contributed by atoms with E-state index in [1.165, 1.54) is 11.8 Å². The molecule has 2 aromatic carbocycles. The lowest BCUT2D eigenvalue weighted by Gasteiger charge is -2.14. The third-order valence-electron chi connectivity index (χ3n) is 4.25. The van der Waals surface area contributed by atoms with Crippen LogP contribution in [0.3, 0.4) is 0 Å². The maximum Gasteiger partial charge on any atom is 0.239 e. The molecule has 0 atom stereocenters. The number of nitrogens with one attached hydrogen (secondary N) is 1. The zero-order chi connectivity index (χ0) is 19.2. The van der Waals surface area contributed by atoms with Crippen molar-refractivity contribution in [2.24, 2.45) is 0 Å². The first-order valence-electron chi connectivity index (χ1n) is 8.72. The van der Waals surface area contributed by atoms with E-state index in [2.05, 4.69) is 5.32 Å². The van der Waals surface area contributed by atoms with Gasteiger partial charge in [0.2, 0.25) is 11.8 Å². The molecule has 138 valence electrons. The Labute approximate surface area is 158 Å². The van der Waals surface area contributed by atoms with Crippen LogP contribution in [0.15, 0.2) is 66.9 Å². The molecule has 3 aromatic rings. The number of para-hydroxylation sites is 1. The van der Waals surface area contributed by atoms with Crippen LogP contribution in [-0.4, -0.2) is 40.1 Å². The molecule has 0 fully saturated rings. The molecule has 0 radical (unpaired) electrons. The fourth-order valence-electron chi connectivity index (χ4n) is 2.67. The Morgan fingerprint density at radius 2 is 1.67 bits per heavy atom. The second kappa shape index (κ2) is 8.31. The second-order valence-corrected chi connectivity index (χ2v) is 6.30. The molecule has 3 rings (SSSR count). The van der Waals surface area contributed by atoms with Crippen molar-refractivity contribution >= 4 is 11.8 Å². The second-order valence-electron chi connectivity index (χ2n) is 6.30. The Kier molecular flexibility index (Phi) is 5.66. The van der Waals surface area contributed by atoms with Gasteiger partial charge in [0.15, 0.2) is 0 Å². The van der Waals surface area contributed by atoms with Gasteiger partial charge in [-0.2, -0.15) is 5.10 Å². The van der Waals surface area contributed by atoms with Crippen molar-refractivity contribution in [2.75, 3.05) is 13.6 Å². The molecular formula is C21H22N4O2. The van der Waals surface area contributed by atoms with E-state index in [0.717, 1.165) is 22.5 Å². The smallest absolute Gasteiger partial charge is 0.239 e. The number of amides is 2. The molecule has 1 aromatic heterocycles. The van der Waals surface area contributed by atoms with Crippen molar-refractivity contribution < 1.29 is 9.59 Å². The van der Waals surface area contributed by atoms with Crippen molar-refractivity contribution in [3.8, 4) is 16.9 Å². The number of hydrogen-bond acceptors (Lipinski definition) is 3. The summed E-state index contributed by atoms with van der Waals surface area (Å²) in [6, 6.07) is 19.7. The van der Waals surface area contributed by atoms with Crippen LogP contribution in [-0.2, 0) is 16.1 Å². The summed E-state index contributed by atoms with van der Waals surface area (Å²) in [7, 11) is 1.60. The van der Waals surface area contributed by atoms with Crippen molar-refractivity contribution in [2.45, 2.75) is 13.5 Å². The van der Waals surface area contributed by atoms with Crippen LogP contribution in [0.25, 0.3) is 16.9 Å². The Balaban J connectivity index is 1.84. The molecule has 0 saturated carbocycles. The van der Waals surface area contributed by atoms with Gasteiger partial charge < -0.3 is 10.2 Å². The topological polar surface area (TPSA) is 67.2 Å². The fraction of sp³-hybridized carbons (Fsp3) is 0.190. The normalized spacial score (nSPS) is 10.4. The Hall–Kier alpha value is -3.41. The number of nitrogens with zero attached hydrogens (tertiary/aromatic N) is 3. The SMILES string of the molecule is CC(=O)N(C)CC(=O)NCc1cn(-c2ccccc2)nc1-c1ccccc1. The zero-order valence-corrected chi connectivity index (χ0v) is 15.4. The molecule has 0 bridgehead atoms. The molecule has 0 aliphatic carbocycles. The van der Waals surface area contributed by atoms with E-state index in [1.54, 1.807) is 7.05 Å². The van der Waals surface area contributed by atoms with Gasteiger partial charge in [-0.1, -0.05) is 48.5 Å². The molecule has 2 amide bonds. The van der Waals surface area contributed by atoms with Crippen LogP contribution in [0.5, 0.6) is 0 Å². The minimum Gasteiger partial charge on any atom is -0.350 e. The standard InChI is InChI=1S/C21H22N4O2/c1-16(26)24(2)15-20(27)22-13-18-14-25(19-11-7-4-8-12-19)23-21(18)17-9-5-3-6-10-17/h3-12,14H,13,15H2,1-2H3,(H,22,27). The molecule has 27 heavy (non-hydrogen) atoms. The number of hydrogen-bond donors (Lipinski definition) is 1. The minimum atomic E-state index is -0.209. The lowest BCUT2D eigenvalue weighted by Crippen LogP contribution is -2.37. The molecule has 6 nitrogen and oxygen atoms in total. The van der Waals surface area contributed by atoms with E-state index in [4.69, 9.17) is 5.10 Å². The quantitative estimate of drug-likeness (QED) is 0.733. The number of aromatic nitrogens is 2. The lowest BCUT2D eigenvalue weighted by atomic mass is 10.1. The number of benzene rings is 2. The first kappa shape index (κ1) is 18.4. The first-order chi connectivity index (χ1) is 13.0. The van der Waals surface area contributed by atoms with Crippen LogP contribution < -0.4 is 5.32 Å². The Bertz CT molecular complexity index is 920. The molecule has 1 N–H and O–H groups in total. The summed E-state index contributed by atoms with van der Waals surface area (Å²) in [6.45, 7) is 1.80. The summed E-state index contributed by atoms with van der Waals surface area (Å²) in [5.74, 6) is -0.355. The maximum atomic E-state index is 12.1. The van der Waals surface area contributed by atoms with Crippen LogP contribution in [0.1, 0.15) is 12.5 Å². The summed E-state index contributed by atoms with van der Waals surface area (Å²) in [4.78, 5) is 24.8. The van der Waals surface area contributed by atoms with Gasteiger partial charge in [-0.3, -0.25) is 9.59 Å². The van der Waals surface area contributed by atoms with E-state index in [9.17, 15) is 9.59 Å². The third kappa shape index (κ3) is 4.61. The molecule has 6 heteroatoms. The van der Waals surface area contributed by atoms with Crippen LogP contribution in [0.4, 0.5) is 0 Å². The van der Waals surface area contributed by atoms with Gasteiger partial charge in [0.25, 0.3) is 0 Å². The van der Waals surface area contributed by atoms with Crippen molar-refractivity contribution in [1.82, 2.24) is 20.0 Å². The molecular weight excluding hydrogens is 340 g/mol. The van der Waals surface area contributed by atoms with E-state index >= 15 is 0 Å². The number of carbonyl (C=O) groups excluding carboxylic acids is 2. The molecule has 0 spiro atoms. The summed E-state index contributed by atoms with van der Waals surface area (Å²) >= 11 is 0. The van der Waals surface area contributed by atoms with Gasteiger partial charge >= 0.3 is 0 Å². The fourth-order valence-corrected chi connectivity index (χ4v) is 2.67. The average molecular weight is 362 g/mol. The van der Waals surface area contributed by atoms with Gasteiger partial charge in [-0.15, -0.1) is 0 Å². The van der Waals surface area contributed by atoms with Crippen LogP contribution in [0, 0.1) is 0 Å². The van der Waals surface area contributed by atoms with Gasteiger partial charge in [0.05, 0.1) is 17.9 Å². The predicted molar refractivity (Wildman–Crippen MR) is 104 cm³/mol. The summed E-state index contributed by atoms with van der Waals surface area (Å²) in [6.07, 6.45) is 1.92. The zero-order valence-electron chi connectivity index (χ0n) is 15.4. The molecule has 1 heterocycles. The number of likely N-dealkylation sites (N-methyl/N-ethyl adjacent to an activating group) is 1. The van der Waals surface area contributed by atoms with Crippen molar-refractivity contribution in [1.29, 1.82) is 0 Å². The van der Waals surface area contributed by atoms with E-state index < -0.39 is 0 Å². The molecule has 0 unspecified atom stereocenters. The van der Waals surface area contributed by atoms with E-state index in [1.807, 2.05) is 71.5 Å². The molecule has 0 aliphatic rings. The molecule has 0 aliphatic heterocycles.